The zero-order valence-corrected chi connectivity index (χ0v) is 15.9. The van der Waals surface area contributed by atoms with Crippen LogP contribution in [0.3, 0.4) is 0 Å². The minimum absolute atomic E-state index is 0.111. The number of hydrogen-bond donors (Lipinski definition) is 4. The number of allylic oxidation sites excluding steroid dienone is 2. The molecule has 6 nitrogen and oxygen atoms in total. The average molecular weight is 390 g/mol. The van der Waals surface area contributed by atoms with Crippen LogP contribution in [0, 0.1) is 11.8 Å². The molecule has 6 heteroatoms. The smallest absolute Gasteiger partial charge is 0.303 e. The van der Waals surface area contributed by atoms with Gasteiger partial charge in [0.15, 0.2) is 0 Å². The van der Waals surface area contributed by atoms with Crippen molar-refractivity contribution in [2.75, 3.05) is 6.61 Å². The second-order valence-electron chi connectivity index (χ2n) is 7.18. The van der Waals surface area contributed by atoms with Crippen molar-refractivity contribution in [2.45, 2.75) is 50.4 Å². The molecule has 0 aromatic heterocycles. The summed E-state index contributed by atoms with van der Waals surface area (Å²) in [7, 11) is 0. The average Bonchev–Trinajstić information content (AvgIpc) is 2.94. The summed E-state index contributed by atoms with van der Waals surface area (Å²) in [6.45, 7) is 0.111. The van der Waals surface area contributed by atoms with Crippen molar-refractivity contribution in [1.29, 1.82) is 0 Å². The fraction of sp³-hybridized carbons (Fsp3) is 0.500. The molecule has 1 saturated carbocycles. The maximum atomic E-state index is 10.5. The van der Waals surface area contributed by atoms with Crippen molar-refractivity contribution in [3.63, 3.8) is 0 Å². The molecule has 0 bridgehead atoms. The van der Waals surface area contributed by atoms with Crippen molar-refractivity contribution in [3.05, 3.63) is 54.6 Å². The number of ether oxygens (including phenoxy) is 1. The van der Waals surface area contributed by atoms with E-state index in [9.17, 15) is 20.1 Å². The Kier molecular flexibility index (Phi) is 9.20. The number of carboxylic acid groups (broad SMARTS) is 1. The molecule has 0 aliphatic heterocycles. The van der Waals surface area contributed by atoms with E-state index in [1.54, 1.807) is 12.2 Å². The summed E-state index contributed by atoms with van der Waals surface area (Å²) in [5.41, 5.74) is 0. The Labute approximate surface area is 165 Å². The van der Waals surface area contributed by atoms with Gasteiger partial charge in [-0.3, -0.25) is 4.79 Å². The van der Waals surface area contributed by atoms with Gasteiger partial charge in [-0.05, 0) is 37.3 Å². The Bertz CT molecular complexity index is 642. The van der Waals surface area contributed by atoms with E-state index in [4.69, 9.17) is 9.84 Å². The molecule has 0 radical (unpaired) electrons. The molecule has 4 N–H and O–H groups in total. The van der Waals surface area contributed by atoms with E-state index in [1.807, 2.05) is 42.5 Å². The van der Waals surface area contributed by atoms with Gasteiger partial charge in [0, 0.05) is 18.8 Å². The highest BCUT2D eigenvalue weighted by molar-refractivity contribution is 5.66. The van der Waals surface area contributed by atoms with Crippen LogP contribution in [0.5, 0.6) is 5.75 Å². The largest absolute Gasteiger partial charge is 0.491 e. The summed E-state index contributed by atoms with van der Waals surface area (Å²) >= 11 is 0. The Balaban J connectivity index is 1.82. The Morgan fingerprint density at radius 2 is 1.93 bits per heavy atom. The van der Waals surface area contributed by atoms with Gasteiger partial charge in [0.2, 0.25) is 0 Å². The van der Waals surface area contributed by atoms with Crippen LogP contribution in [-0.2, 0) is 4.79 Å². The third-order valence-corrected chi connectivity index (χ3v) is 4.97. The van der Waals surface area contributed by atoms with Crippen molar-refractivity contribution in [1.82, 2.24) is 0 Å². The fourth-order valence-corrected chi connectivity index (χ4v) is 3.46. The lowest BCUT2D eigenvalue weighted by Crippen LogP contribution is -2.21. The summed E-state index contributed by atoms with van der Waals surface area (Å²) in [5, 5.41) is 39.2. The van der Waals surface area contributed by atoms with Crippen LogP contribution < -0.4 is 4.74 Å². The summed E-state index contributed by atoms with van der Waals surface area (Å²) in [6.07, 6.45) is 7.46. The zero-order valence-electron chi connectivity index (χ0n) is 15.9. The summed E-state index contributed by atoms with van der Waals surface area (Å²) in [5.74, 6) is -0.505. The molecule has 1 aromatic carbocycles. The van der Waals surface area contributed by atoms with Crippen LogP contribution >= 0.6 is 0 Å². The number of carbonyl (C=O) groups is 1. The molecular weight excluding hydrogens is 360 g/mol. The Morgan fingerprint density at radius 1 is 1.18 bits per heavy atom. The molecular formula is C22H30O6. The lowest BCUT2D eigenvalue weighted by Gasteiger charge is -2.19. The van der Waals surface area contributed by atoms with Gasteiger partial charge in [-0.1, -0.05) is 42.5 Å². The van der Waals surface area contributed by atoms with Gasteiger partial charge in [0.05, 0.1) is 12.2 Å². The minimum atomic E-state index is -0.808. The lowest BCUT2D eigenvalue weighted by molar-refractivity contribution is -0.137. The molecule has 1 aliphatic rings. The van der Waals surface area contributed by atoms with Gasteiger partial charge >= 0.3 is 5.97 Å². The van der Waals surface area contributed by atoms with Crippen molar-refractivity contribution < 1.29 is 30.0 Å². The van der Waals surface area contributed by atoms with E-state index < -0.39 is 24.3 Å². The summed E-state index contributed by atoms with van der Waals surface area (Å²) in [6, 6.07) is 9.22. The van der Waals surface area contributed by atoms with Gasteiger partial charge in [0.25, 0.3) is 0 Å². The highest BCUT2D eigenvalue weighted by Crippen LogP contribution is 2.36. The molecule has 0 heterocycles. The number of benzene rings is 1. The summed E-state index contributed by atoms with van der Waals surface area (Å²) in [4.78, 5) is 10.5. The standard InChI is InChI=1S/C22H30O6/c23-16(15-28-17-8-4-3-5-9-17)12-13-19-18(20(24)14-21(19)25)10-6-1-2-7-11-22(26)27/h1,3-6,8-9,12-13,16,18-21,23-25H,2,7,10-11,14-15H2,(H,26,27)/b6-1-,13-12+/t16-,18-,19?,20+,21-/m1/s1. The molecule has 2 rings (SSSR count). The second-order valence-corrected chi connectivity index (χ2v) is 7.18. The molecule has 0 saturated heterocycles. The predicted octanol–water partition coefficient (Wildman–Crippen LogP) is 2.54. The van der Waals surface area contributed by atoms with E-state index in [1.165, 1.54) is 0 Å². The number of aliphatic hydroxyl groups excluding tert-OH is 3. The highest BCUT2D eigenvalue weighted by Gasteiger charge is 2.39. The number of rotatable bonds is 11. The zero-order chi connectivity index (χ0) is 20.4. The Hall–Kier alpha value is -2.15. The molecule has 1 aliphatic carbocycles. The van der Waals surface area contributed by atoms with Gasteiger partial charge < -0.3 is 25.2 Å². The van der Waals surface area contributed by atoms with Crippen LogP contribution in [-0.4, -0.2) is 51.3 Å². The van der Waals surface area contributed by atoms with E-state index in [0.29, 0.717) is 31.4 Å². The van der Waals surface area contributed by atoms with Crippen molar-refractivity contribution in [2.24, 2.45) is 11.8 Å². The number of aliphatic carboxylic acids is 1. The van der Waals surface area contributed by atoms with Gasteiger partial charge in [-0.15, -0.1) is 0 Å². The quantitative estimate of drug-likeness (QED) is 0.342. The van der Waals surface area contributed by atoms with Crippen molar-refractivity contribution in [3.8, 4) is 5.75 Å². The van der Waals surface area contributed by atoms with Crippen molar-refractivity contribution >= 4 is 5.97 Å². The monoisotopic (exact) mass is 390 g/mol. The molecule has 5 atom stereocenters. The fourth-order valence-electron chi connectivity index (χ4n) is 3.46. The number of aliphatic hydroxyl groups is 3. The molecule has 1 unspecified atom stereocenters. The van der Waals surface area contributed by atoms with Crippen LogP contribution in [0.15, 0.2) is 54.6 Å². The normalized spacial score (nSPS) is 26.1. The first-order valence-corrected chi connectivity index (χ1v) is 9.74. The van der Waals surface area contributed by atoms with Gasteiger partial charge in [0.1, 0.15) is 18.5 Å². The SMILES string of the molecule is O=C(O)CCC/C=C\C[C@@H]1C(/C=C/[C@@H](O)COc2ccccc2)[C@H](O)C[C@@H]1O. The lowest BCUT2D eigenvalue weighted by atomic mass is 9.89. The first-order valence-electron chi connectivity index (χ1n) is 9.74. The number of carboxylic acids is 1. The maximum absolute atomic E-state index is 10.5. The summed E-state index contributed by atoms with van der Waals surface area (Å²) < 4.78 is 5.51. The molecule has 1 fully saturated rings. The number of para-hydroxylation sites is 1. The maximum Gasteiger partial charge on any atom is 0.303 e. The number of unbranched alkanes of at least 4 members (excludes halogenated alkanes) is 1. The first-order chi connectivity index (χ1) is 13.5. The number of hydrogen-bond acceptors (Lipinski definition) is 5. The van der Waals surface area contributed by atoms with Crippen LogP contribution in [0.4, 0.5) is 0 Å². The van der Waals surface area contributed by atoms with Crippen LogP contribution in [0.2, 0.25) is 0 Å². The molecule has 154 valence electrons. The minimum Gasteiger partial charge on any atom is -0.491 e. The van der Waals surface area contributed by atoms with Gasteiger partial charge in [-0.2, -0.15) is 0 Å². The highest BCUT2D eigenvalue weighted by atomic mass is 16.5. The third kappa shape index (κ3) is 7.46. The van der Waals surface area contributed by atoms with Crippen LogP contribution in [0.25, 0.3) is 0 Å². The van der Waals surface area contributed by atoms with Gasteiger partial charge in [-0.25, -0.2) is 0 Å². The van der Waals surface area contributed by atoms with E-state index >= 15 is 0 Å². The molecule has 1 aromatic rings. The predicted molar refractivity (Wildman–Crippen MR) is 106 cm³/mol. The second kappa shape index (κ2) is 11.6. The first kappa shape index (κ1) is 22.1. The molecule has 28 heavy (non-hydrogen) atoms. The van der Waals surface area contributed by atoms with Crippen LogP contribution in [0.1, 0.15) is 32.1 Å². The van der Waals surface area contributed by atoms with E-state index in [2.05, 4.69) is 0 Å². The Morgan fingerprint density at radius 3 is 2.64 bits per heavy atom. The molecule has 0 spiro atoms. The van der Waals surface area contributed by atoms with E-state index in [-0.39, 0.29) is 24.9 Å². The molecule has 0 amide bonds. The van der Waals surface area contributed by atoms with E-state index in [0.717, 1.165) is 0 Å². The third-order valence-electron chi connectivity index (χ3n) is 4.97. The topological polar surface area (TPSA) is 107 Å².